The van der Waals surface area contributed by atoms with Crippen molar-refractivity contribution in [1.29, 1.82) is 0 Å². The molecule has 6 rings (SSSR count). The van der Waals surface area contributed by atoms with E-state index in [-0.39, 0.29) is 5.54 Å². The lowest BCUT2D eigenvalue weighted by molar-refractivity contribution is -0.0383. The smallest absolute Gasteiger partial charge is 0.0690 e. The second-order valence-electron chi connectivity index (χ2n) is 14.4. The average molecular weight is 541 g/mol. The van der Waals surface area contributed by atoms with Crippen LogP contribution in [0.2, 0.25) is 0 Å². The molecule has 4 N–H and O–H groups in total. The highest BCUT2D eigenvalue weighted by atomic mass is 32.2. The number of nitrogens with zero attached hydrogens (tertiary/aromatic N) is 2. The Morgan fingerprint density at radius 2 is 1.84 bits per heavy atom. The van der Waals surface area contributed by atoms with Crippen molar-refractivity contribution >= 4 is 11.9 Å². The van der Waals surface area contributed by atoms with Crippen LogP contribution in [0.1, 0.15) is 104 Å². The number of fused-ring (bicyclic) bond motifs is 7. The molecule has 1 aromatic rings. The predicted molar refractivity (Wildman–Crippen MR) is 158 cm³/mol. The van der Waals surface area contributed by atoms with E-state index in [0.29, 0.717) is 41.1 Å². The molecule has 5 fully saturated rings. The molecule has 0 spiro atoms. The normalized spacial score (nSPS) is 43.2. The Bertz CT molecular complexity index is 924. The van der Waals surface area contributed by atoms with Crippen molar-refractivity contribution in [2.75, 3.05) is 13.1 Å². The first kappa shape index (κ1) is 27.5. The van der Waals surface area contributed by atoms with Crippen LogP contribution in [0.3, 0.4) is 0 Å². The summed E-state index contributed by atoms with van der Waals surface area (Å²) >= 11 is 1.95. The Labute approximate surface area is 235 Å². The van der Waals surface area contributed by atoms with Crippen molar-refractivity contribution in [1.82, 2.24) is 30.6 Å². The van der Waals surface area contributed by atoms with E-state index in [0.717, 1.165) is 24.8 Å². The Morgan fingerprint density at radius 1 is 0.947 bits per heavy atom. The molecule has 5 heterocycles. The van der Waals surface area contributed by atoms with E-state index in [1.54, 1.807) is 0 Å². The van der Waals surface area contributed by atoms with E-state index in [1.165, 1.54) is 70.0 Å². The fourth-order valence-corrected chi connectivity index (χ4v) is 9.82. The number of hydrogen-bond donors (Lipinski definition) is 4. The molecule has 9 atom stereocenters. The van der Waals surface area contributed by atoms with Crippen molar-refractivity contribution in [3.05, 3.63) is 30.1 Å². The molecule has 5 aliphatic rings. The fraction of sp³-hybridized carbons (Fsp3) is 0.839. The van der Waals surface area contributed by atoms with Crippen LogP contribution in [0.5, 0.6) is 0 Å². The molecule has 4 aliphatic heterocycles. The van der Waals surface area contributed by atoms with Gasteiger partial charge in [-0.05, 0) is 101 Å². The first-order valence-electron chi connectivity index (χ1n) is 15.6. The van der Waals surface area contributed by atoms with Gasteiger partial charge in [-0.25, -0.2) is 0 Å². The molecule has 4 bridgehead atoms. The van der Waals surface area contributed by atoms with Gasteiger partial charge in [-0.15, -0.1) is 0 Å². The molecule has 6 nitrogen and oxygen atoms in total. The van der Waals surface area contributed by atoms with Gasteiger partial charge >= 0.3 is 0 Å². The van der Waals surface area contributed by atoms with Crippen LogP contribution in [0.25, 0.3) is 0 Å². The maximum Gasteiger partial charge on any atom is 0.0690 e. The Kier molecular flexibility index (Phi) is 8.16. The standard InChI is InChI=1S/C31H52N6S/c1-30(2)15-8-9-22-17-23-19-33-38-27-12-7-11-26(35-27)34-25(24-10-5-6-16-32-24)14-13-21-18-31(3,4)37(20-21)29(23)36-28(22)30/h5-6,10,16,21-23,25-29,33-36H,7-9,11-15,17-20H2,1-4H3/t21-,22?,23?,25?,26?,27?,28?,29?/m0/s1. The monoisotopic (exact) mass is 540 g/mol. The van der Waals surface area contributed by atoms with E-state index >= 15 is 0 Å². The van der Waals surface area contributed by atoms with Crippen molar-refractivity contribution in [2.24, 2.45) is 23.2 Å². The lowest BCUT2D eigenvalue weighted by Crippen LogP contribution is -2.67. The molecule has 1 aliphatic carbocycles. The zero-order valence-electron chi connectivity index (χ0n) is 24.2. The maximum absolute atomic E-state index is 4.79. The molecule has 0 radical (unpaired) electrons. The summed E-state index contributed by atoms with van der Waals surface area (Å²) in [6, 6.07) is 7.34. The average Bonchev–Trinajstić information content (AvgIpc) is 3.20. The highest BCUT2D eigenvalue weighted by molar-refractivity contribution is 7.98. The van der Waals surface area contributed by atoms with Crippen LogP contribution in [0.15, 0.2) is 24.4 Å². The number of pyridine rings is 1. The lowest BCUT2D eigenvalue weighted by atomic mass is 9.63. The zero-order chi connectivity index (χ0) is 26.3. The highest BCUT2D eigenvalue weighted by Gasteiger charge is 2.51. The minimum Gasteiger partial charge on any atom is -0.298 e. The number of aromatic nitrogens is 1. The number of nitrogens with one attached hydrogen (secondary N) is 4. The number of rotatable bonds is 1. The summed E-state index contributed by atoms with van der Waals surface area (Å²) in [6.07, 6.45) is 15.7. The van der Waals surface area contributed by atoms with Crippen LogP contribution in [0.4, 0.5) is 0 Å². The summed E-state index contributed by atoms with van der Waals surface area (Å²) in [7, 11) is 0. The minimum atomic E-state index is 0.225. The molecule has 212 valence electrons. The van der Waals surface area contributed by atoms with Gasteiger partial charge in [0, 0.05) is 36.8 Å². The molecule has 4 saturated heterocycles. The minimum absolute atomic E-state index is 0.225. The van der Waals surface area contributed by atoms with E-state index in [1.807, 2.05) is 24.2 Å². The van der Waals surface area contributed by atoms with Gasteiger partial charge in [0.05, 0.1) is 29.4 Å². The molecule has 38 heavy (non-hydrogen) atoms. The van der Waals surface area contributed by atoms with Gasteiger partial charge in [0.1, 0.15) is 0 Å². The van der Waals surface area contributed by atoms with Crippen molar-refractivity contribution in [3.8, 4) is 0 Å². The van der Waals surface area contributed by atoms with Gasteiger partial charge in [-0.1, -0.05) is 38.3 Å². The van der Waals surface area contributed by atoms with E-state index in [9.17, 15) is 0 Å². The van der Waals surface area contributed by atoms with Crippen LogP contribution >= 0.6 is 11.9 Å². The van der Waals surface area contributed by atoms with Crippen LogP contribution in [0, 0.1) is 23.2 Å². The molecule has 1 saturated carbocycles. The van der Waals surface area contributed by atoms with Crippen molar-refractivity contribution in [3.63, 3.8) is 0 Å². The third kappa shape index (κ3) is 5.84. The maximum atomic E-state index is 4.79. The molecule has 0 aromatic carbocycles. The van der Waals surface area contributed by atoms with Crippen LogP contribution < -0.4 is 20.7 Å². The summed E-state index contributed by atoms with van der Waals surface area (Å²) in [5.74, 6) is 2.20. The van der Waals surface area contributed by atoms with Gasteiger partial charge in [0.15, 0.2) is 0 Å². The summed E-state index contributed by atoms with van der Waals surface area (Å²) < 4.78 is 3.90. The third-order valence-corrected chi connectivity index (χ3v) is 11.7. The molecule has 0 amide bonds. The summed E-state index contributed by atoms with van der Waals surface area (Å²) in [5.41, 5.74) is 1.81. The Balaban J connectivity index is 1.26. The molecular formula is C31H52N6S. The van der Waals surface area contributed by atoms with Crippen molar-refractivity contribution < 1.29 is 0 Å². The number of hydrogen-bond acceptors (Lipinski definition) is 7. The quantitative estimate of drug-likeness (QED) is 0.356. The zero-order valence-corrected chi connectivity index (χ0v) is 25.0. The second-order valence-corrected chi connectivity index (χ2v) is 15.5. The summed E-state index contributed by atoms with van der Waals surface area (Å²) in [4.78, 5) is 7.69. The SMILES string of the molecule is CC1(C)CCCC2CC3CNSC4CCCC(N4)NC(c4ccccn4)CC[C@@H]4CN(C3NC21)C(C)(C)C4. The van der Waals surface area contributed by atoms with Gasteiger partial charge in [0.2, 0.25) is 0 Å². The second kappa shape index (κ2) is 11.3. The first-order valence-corrected chi connectivity index (χ1v) is 16.5. The van der Waals surface area contributed by atoms with Gasteiger partial charge in [-0.2, -0.15) is 0 Å². The molecule has 1 aromatic heterocycles. The van der Waals surface area contributed by atoms with Crippen molar-refractivity contribution in [2.45, 2.75) is 127 Å². The van der Waals surface area contributed by atoms with E-state index < -0.39 is 0 Å². The summed E-state index contributed by atoms with van der Waals surface area (Å²) in [5, 5.41) is 12.7. The van der Waals surface area contributed by atoms with E-state index in [2.05, 4.69) is 65.4 Å². The fourth-order valence-electron chi connectivity index (χ4n) is 8.79. The highest BCUT2D eigenvalue weighted by Crippen LogP contribution is 2.47. The molecule has 7 heteroatoms. The van der Waals surface area contributed by atoms with Crippen LogP contribution in [-0.4, -0.2) is 52.3 Å². The van der Waals surface area contributed by atoms with Gasteiger partial charge < -0.3 is 0 Å². The topological polar surface area (TPSA) is 64.2 Å². The number of piperidine rings is 2. The molecular weight excluding hydrogens is 488 g/mol. The van der Waals surface area contributed by atoms with Crippen LogP contribution in [-0.2, 0) is 0 Å². The first-order chi connectivity index (χ1) is 18.3. The molecule has 8 unspecified atom stereocenters. The third-order valence-electron chi connectivity index (χ3n) is 10.7. The lowest BCUT2D eigenvalue weighted by Gasteiger charge is -2.55. The van der Waals surface area contributed by atoms with E-state index in [4.69, 9.17) is 4.98 Å². The van der Waals surface area contributed by atoms with Gasteiger partial charge in [-0.3, -0.25) is 30.6 Å². The largest absolute Gasteiger partial charge is 0.298 e. The predicted octanol–water partition coefficient (Wildman–Crippen LogP) is 5.40. The Morgan fingerprint density at radius 3 is 2.68 bits per heavy atom. The Hall–Kier alpha value is -0.700. The summed E-state index contributed by atoms with van der Waals surface area (Å²) in [6.45, 7) is 12.4. The van der Waals surface area contributed by atoms with Gasteiger partial charge in [0.25, 0.3) is 0 Å².